The lowest BCUT2D eigenvalue weighted by molar-refractivity contribution is 0.411. The second-order valence-corrected chi connectivity index (χ2v) is 7.66. The molecule has 0 N–H and O–H groups in total. The van der Waals surface area contributed by atoms with Crippen molar-refractivity contribution in [2.45, 2.75) is 39.5 Å². The van der Waals surface area contributed by atoms with Crippen LogP contribution in [0.3, 0.4) is 0 Å². The molecule has 4 heteroatoms. The van der Waals surface area contributed by atoms with Gasteiger partial charge < -0.3 is 9.47 Å². The quantitative estimate of drug-likeness (QED) is 0.440. The van der Waals surface area contributed by atoms with E-state index in [2.05, 4.69) is 39.8 Å². The smallest absolute Gasteiger partial charge is 0.171 e. The number of benzene rings is 3. The third kappa shape index (κ3) is 4.45. The fourth-order valence-electron chi connectivity index (χ4n) is 3.24. The zero-order valence-electron chi connectivity index (χ0n) is 17.6. The van der Waals surface area contributed by atoms with Crippen LogP contribution in [-0.2, 0) is 0 Å². The maximum atomic E-state index is 9.48. The second-order valence-electron chi connectivity index (χ2n) is 7.66. The fraction of sp³-hybridized carbons (Fsp3) is 0.231. The summed E-state index contributed by atoms with van der Waals surface area (Å²) in [6.45, 7) is 8.38. The average molecular weight is 396 g/mol. The van der Waals surface area contributed by atoms with E-state index in [-0.39, 0.29) is 23.0 Å². The molecule has 4 nitrogen and oxygen atoms in total. The SMILES string of the molecule is CC(C)c1ccccc1Oc1cc(C#N)c(C#N)cc1Oc1ccccc1C(C)C. The molecule has 0 amide bonds. The predicted octanol–water partition coefficient (Wildman–Crippen LogP) is 7.26. The molecule has 3 aromatic carbocycles. The largest absolute Gasteiger partial charge is 0.453 e. The summed E-state index contributed by atoms with van der Waals surface area (Å²) in [7, 11) is 0. The lowest BCUT2D eigenvalue weighted by Gasteiger charge is -2.18. The Bertz CT molecular complexity index is 1040. The lowest BCUT2D eigenvalue weighted by Crippen LogP contribution is -1.99. The summed E-state index contributed by atoms with van der Waals surface area (Å²) in [5.74, 6) is 2.72. The summed E-state index contributed by atoms with van der Waals surface area (Å²) in [6.07, 6.45) is 0. The number of rotatable bonds is 6. The van der Waals surface area contributed by atoms with Crippen LogP contribution in [-0.4, -0.2) is 0 Å². The zero-order valence-corrected chi connectivity index (χ0v) is 17.6. The van der Waals surface area contributed by atoms with Gasteiger partial charge in [0, 0.05) is 12.1 Å². The van der Waals surface area contributed by atoms with Gasteiger partial charge in [0.2, 0.25) is 0 Å². The van der Waals surface area contributed by atoms with E-state index in [0.717, 1.165) is 11.1 Å². The molecule has 0 aliphatic carbocycles. The van der Waals surface area contributed by atoms with Crippen molar-refractivity contribution < 1.29 is 9.47 Å². The van der Waals surface area contributed by atoms with Crippen molar-refractivity contribution in [3.63, 3.8) is 0 Å². The molecule has 0 aliphatic rings. The van der Waals surface area contributed by atoms with Crippen LogP contribution in [0, 0.1) is 22.7 Å². The molecule has 0 bridgehead atoms. The third-order valence-corrected chi connectivity index (χ3v) is 4.85. The van der Waals surface area contributed by atoms with Gasteiger partial charge in [0.15, 0.2) is 11.5 Å². The van der Waals surface area contributed by atoms with Gasteiger partial charge in [-0.25, -0.2) is 0 Å². The zero-order chi connectivity index (χ0) is 21.7. The Kier molecular flexibility index (Phi) is 6.40. The second kappa shape index (κ2) is 9.16. The van der Waals surface area contributed by atoms with E-state index in [1.807, 2.05) is 48.5 Å². The minimum atomic E-state index is 0.249. The van der Waals surface area contributed by atoms with Crippen molar-refractivity contribution >= 4 is 0 Å². The van der Waals surface area contributed by atoms with Gasteiger partial charge in [-0.1, -0.05) is 64.1 Å². The summed E-state index contributed by atoms with van der Waals surface area (Å²) >= 11 is 0. The Balaban J connectivity index is 2.12. The van der Waals surface area contributed by atoms with E-state index < -0.39 is 0 Å². The first-order chi connectivity index (χ1) is 14.4. The van der Waals surface area contributed by atoms with Gasteiger partial charge in [-0.3, -0.25) is 0 Å². The molecule has 0 saturated heterocycles. The van der Waals surface area contributed by atoms with E-state index >= 15 is 0 Å². The molecule has 0 radical (unpaired) electrons. The van der Waals surface area contributed by atoms with E-state index in [1.54, 1.807) is 12.1 Å². The first kappa shape index (κ1) is 21.0. The molecule has 0 fully saturated rings. The van der Waals surface area contributed by atoms with Crippen molar-refractivity contribution in [3.8, 4) is 35.1 Å². The molecule has 0 unspecified atom stereocenters. The Morgan fingerprint density at radius 3 is 1.30 bits per heavy atom. The number of ether oxygens (including phenoxy) is 2. The van der Waals surface area contributed by atoms with Crippen molar-refractivity contribution in [2.75, 3.05) is 0 Å². The maximum absolute atomic E-state index is 9.48. The molecule has 0 aliphatic heterocycles. The van der Waals surface area contributed by atoms with Crippen LogP contribution in [0.15, 0.2) is 60.7 Å². The van der Waals surface area contributed by atoms with Crippen LogP contribution < -0.4 is 9.47 Å². The van der Waals surface area contributed by atoms with Gasteiger partial charge in [0.05, 0.1) is 11.1 Å². The highest BCUT2D eigenvalue weighted by Gasteiger charge is 2.18. The molecular formula is C26H24N2O2. The molecular weight excluding hydrogens is 372 g/mol. The Morgan fingerprint density at radius 1 is 0.600 bits per heavy atom. The molecule has 0 aromatic heterocycles. The fourth-order valence-corrected chi connectivity index (χ4v) is 3.24. The average Bonchev–Trinajstić information content (AvgIpc) is 2.75. The number of para-hydroxylation sites is 2. The highest BCUT2D eigenvalue weighted by Crippen LogP contribution is 2.40. The van der Waals surface area contributed by atoms with Gasteiger partial charge in [-0.15, -0.1) is 0 Å². The summed E-state index contributed by atoms with van der Waals surface area (Å²) in [6, 6.07) is 22.9. The standard InChI is InChI=1S/C26H24N2O2/c1-17(2)21-9-5-7-11-23(21)29-25-13-19(15-27)20(16-28)14-26(25)30-24-12-8-6-10-22(24)18(3)4/h5-14,17-18H,1-4H3. The van der Waals surface area contributed by atoms with Crippen LogP contribution in [0.4, 0.5) is 0 Å². The summed E-state index contributed by atoms with van der Waals surface area (Å²) in [4.78, 5) is 0. The number of hydrogen-bond acceptors (Lipinski definition) is 4. The highest BCUT2D eigenvalue weighted by atomic mass is 16.5. The Hall–Kier alpha value is -3.76. The molecule has 3 rings (SSSR count). The van der Waals surface area contributed by atoms with Crippen molar-refractivity contribution in [2.24, 2.45) is 0 Å². The molecule has 0 saturated carbocycles. The maximum Gasteiger partial charge on any atom is 0.171 e. The molecule has 0 heterocycles. The van der Waals surface area contributed by atoms with Crippen LogP contribution in [0.5, 0.6) is 23.0 Å². The molecule has 0 spiro atoms. The summed E-state index contributed by atoms with van der Waals surface area (Å²) < 4.78 is 12.5. The van der Waals surface area contributed by atoms with Gasteiger partial charge in [0.1, 0.15) is 23.6 Å². The monoisotopic (exact) mass is 396 g/mol. The molecule has 3 aromatic rings. The van der Waals surface area contributed by atoms with E-state index in [0.29, 0.717) is 23.0 Å². The van der Waals surface area contributed by atoms with Crippen LogP contribution in [0.2, 0.25) is 0 Å². The third-order valence-electron chi connectivity index (χ3n) is 4.85. The van der Waals surface area contributed by atoms with E-state index in [4.69, 9.17) is 9.47 Å². The predicted molar refractivity (Wildman–Crippen MR) is 117 cm³/mol. The van der Waals surface area contributed by atoms with Crippen LogP contribution in [0.25, 0.3) is 0 Å². The summed E-state index contributed by atoms with van der Waals surface area (Å²) in [5.41, 5.74) is 2.60. The molecule has 150 valence electrons. The number of nitrogens with zero attached hydrogens (tertiary/aromatic N) is 2. The van der Waals surface area contributed by atoms with Gasteiger partial charge >= 0.3 is 0 Å². The topological polar surface area (TPSA) is 66.0 Å². The normalized spacial score (nSPS) is 10.5. The minimum Gasteiger partial charge on any atom is -0.453 e. The lowest BCUT2D eigenvalue weighted by atomic mass is 10.0. The number of hydrogen-bond donors (Lipinski definition) is 0. The summed E-state index contributed by atoms with van der Waals surface area (Å²) in [5, 5.41) is 19.0. The van der Waals surface area contributed by atoms with Gasteiger partial charge in [-0.05, 0) is 35.1 Å². The first-order valence-corrected chi connectivity index (χ1v) is 9.96. The Morgan fingerprint density at radius 2 is 0.967 bits per heavy atom. The van der Waals surface area contributed by atoms with Crippen molar-refractivity contribution in [1.29, 1.82) is 10.5 Å². The Labute approximate surface area is 177 Å². The molecule has 30 heavy (non-hydrogen) atoms. The first-order valence-electron chi connectivity index (χ1n) is 9.96. The van der Waals surface area contributed by atoms with Crippen molar-refractivity contribution in [3.05, 3.63) is 82.9 Å². The molecule has 0 atom stereocenters. The highest BCUT2D eigenvalue weighted by molar-refractivity contribution is 5.58. The van der Waals surface area contributed by atoms with Crippen LogP contribution in [0.1, 0.15) is 61.8 Å². The van der Waals surface area contributed by atoms with E-state index in [1.165, 1.54) is 0 Å². The van der Waals surface area contributed by atoms with Gasteiger partial charge in [-0.2, -0.15) is 10.5 Å². The van der Waals surface area contributed by atoms with E-state index in [9.17, 15) is 10.5 Å². The number of nitriles is 2. The van der Waals surface area contributed by atoms with Crippen molar-refractivity contribution in [1.82, 2.24) is 0 Å². The van der Waals surface area contributed by atoms with Gasteiger partial charge in [0.25, 0.3) is 0 Å². The minimum absolute atomic E-state index is 0.249. The van der Waals surface area contributed by atoms with Crippen LogP contribution >= 0.6 is 0 Å².